The smallest absolute Gasteiger partial charge is 0.328 e. The van der Waals surface area contributed by atoms with Gasteiger partial charge in [-0.3, -0.25) is 0 Å². The summed E-state index contributed by atoms with van der Waals surface area (Å²) in [4.78, 5) is 10.9. The molecule has 3 rings (SSSR count). The Morgan fingerprint density at radius 3 is 2.46 bits per heavy atom. The molecule has 5 nitrogen and oxygen atoms in total. The fourth-order valence-electron chi connectivity index (χ4n) is 2.74. The van der Waals surface area contributed by atoms with Crippen LogP contribution in [0.1, 0.15) is 11.1 Å². The maximum absolute atomic E-state index is 13.9. The molecule has 0 fully saturated rings. The molecule has 0 atom stereocenters. The number of halogens is 3. The van der Waals surface area contributed by atoms with Crippen molar-refractivity contribution < 1.29 is 31.5 Å². The lowest BCUT2D eigenvalue weighted by molar-refractivity contribution is -0.131. The van der Waals surface area contributed by atoms with E-state index >= 15 is 0 Å². The molecule has 26 heavy (non-hydrogen) atoms. The van der Waals surface area contributed by atoms with Gasteiger partial charge in [0.15, 0.2) is 11.6 Å². The van der Waals surface area contributed by atoms with Crippen LogP contribution in [-0.4, -0.2) is 30.3 Å². The molecule has 136 valence electrons. The van der Waals surface area contributed by atoms with Crippen molar-refractivity contribution in [2.45, 2.75) is 11.4 Å². The van der Waals surface area contributed by atoms with Gasteiger partial charge in [0.25, 0.3) is 0 Å². The van der Waals surface area contributed by atoms with Crippen LogP contribution >= 0.6 is 0 Å². The third-order valence-electron chi connectivity index (χ3n) is 3.93. The van der Waals surface area contributed by atoms with Gasteiger partial charge in [0.2, 0.25) is 10.0 Å². The Balaban J connectivity index is 2.09. The Hall–Kier alpha value is -2.65. The minimum Gasteiger partial charge on any atom is -0.478 e. The summed E-state index contributed by atoms with van der Waals surface area (Å²) in [6, 6.07) is 6.72. The van der Waals surface area contributed by atoms with Crippen molar-refractivity contribution in [3.8, 4) is 0 Å². The van der Waals surface area contributed by atoms with E-state index in [0.29, 0.717) is 12.1 Å². The van der Waals surface area contributed by atoms with E-state index in [1.54, 1.807) is 6.07 Å². The van der Waals surface area contributed by atoms with Crippen molar-refractivity contribution in [3.05, 3.63) is 71.1 Å². The predicted molar refractivity (Wildman–Crippen MR) is 86.0 cm³/mol. The first kappa shape index (κ1) is 18.2. The lowest BCUT2D eigenvalue weighted by atomic mass is 10.0. The van der Waals surface area contributed by atoms with Gasteiger partial charge in [-0.25, -0.2) is 26.4 Å². The number of sulfonamides is 1. The molecule has 0 radical (unpaired) electrons. The number of fused-ring (bicyclic) bond motifs is 1. The van der Waals surface area contributed by atoms with Gasteiger partial charge in [-0.2, -0.15) is 4.31 Å². The lowest BCUT2D eigenvalue weighted by Gasteiger charge is -2.30. The van der Waals surface area contributed by atoms with Gasteiger partial charge in [-0.05, 0) is 23.3 Å². The summed E-state index contributed by atoms with van der Waals surface area (Å²) in [5.41, 5.74) is 0.0735. The minimum absolute atomic E-state index is 0.137. The van der Waals surface area contributed by atoms with E-state index in [0.717, 1.165) is 10.4 Å². The zero-order chi connectivity index (χ0) is 19.1. The number of hydrogen-bond acceptors (Lipinski definition) is 3. The highest BCUT2D eigenvalue weighted by Crippen LogP contribution is 2.34. The molecule has 2 aromatic rings. The second kappa shape index (κ2) is 6.58. The Bertz CT molecular complexity index is 1030. The third-order valence-corrected chi connectivity index (χ3v) is 5.78. The summed E-state index contributed by atoms with van der Waals surface area (Å²) >= 11 is 0. The van der Waals surface area contributed by atoms with Gasteiger partial charge in [-0.1, -0.05) is 18.2 Å². The lowest BCUT2D eigenvalue weighted by Crippen LogP contribution is -2.36. The molecule has 0 bridgehead atoms. The van der Waals surface area contributed by atoms with E-state index < -0.39 is 40.0 Å². The van der Waals surface area contributed by atoms with Crippen LogP contribution < -0.4 is 0 Å². The van der Waals surface area contributed by atoms with Gasteiger partial charge in [0, 0.05) is 30.8 Å². The van der Waals surface area contributed by atoms with Crippen molar-refractivity contribution in [2.75, 3.05) is 6.54 Å². The van der Waals surface area contributed by atoms with Gasteiger partial charge >= 0.3 is 5.97 Å². The van der Waals surface area contributed by atoms with E-state index in [1.165, 1.54) is 18.2 Å². The molecule has 1 N–H and O–H groups in total. The van der Waals surface area contributed by atoms with Crippen LogP contribution in [0.15, 0.2) is 47.4 Å². The molecule has 0 unspecified atom stereocenters. The second-order valence-corrected chi connectivity index (χ2v) is 7.54. The molecular formula is C17H12F3NO4S. The van der Waals surface area contributed by atoms with Crippen LogP contribution in [0, 0.1) is 17.5 Å². The van der Waals surface area contributed by atoms with Crippen molar-refractivity contribution in [2.24, 2.45) is 0 Å². The maximum atomic E-state index is 13.9. The van der Waals surface area contributed by atoms with Crippen LogP contribution in [0.25, 0.3) is 5.57 Å². The van der Waals surface area contributed by atoms with Gasteiger partial charge in [0.05, 0.1) is 4.90 Å². The van der Waals surface area contributed by atoms with E-state index in [1.807, 2.05) is 0 Å². The standard InChI is InChI=1S/C17H12F3NO4S/c18-13-7-15(20)14(19)5-11(13)9-21-8-10(6-17(22)23)12-3-1-2-4-16(12)26(21,24)25/h1-7H,8-9H2,(H,22,23)/b10-6+. The Kier molecular flexibility index (Phi) is 4.59. The Morgan fingerprint density at radius 1 is 1.12 bits per heavy atom. The molecule has 1 aliphatic rings. The van der Waals surface area contributed by atoms with Crippen molar-refractivity contribution in [1.29, 1.82) is 0 Å². The minimum atomic E-state index is -4.07. The van der Waals surface area contributed by atoms with Crippen LogP contribution in [-0.2, 0) is 21.4 Å². The molecule has 0 spiro atoms. The quantitative estimate of drug-likeness (QED) is 0.653. The molecular weight excluding hydrogens is 371 g/mol. The van der Waals surface area contributed by atoms with Crippen LogP contribution in [0.4, 0.5) is 13.2 Å². The topological polar surface area (TPSA) is 74.7 Å². The third kappa shape index (κ3) is 3.23. The van der Waals surface area contributed by atoms with E-state index in [9.17, 15) is 26.4 Å². The summed E-state index contributed by atoms with van der Waals surface area (Å²) < 4.78 is 66.7. The summed E-state index contributed by atoms with van der Waals surface area (Å²) in [5.74, 6) is -5.06. The predicted octanol–water partition coefficient (Wildman–Crippen LogP) is 2.78. The van der Waals surface area contributed by atoms with Crippen molar-refractivity contribution in [1.82, 2.24) is 4.31 Å². The molecule has 0 saturated heterocycles. The number of carbonyl (C=O) groups is 1. The molecule has 1 aliphatic heterocycles. The number of hydrogen-bond donors (Lipinski definition) is 1. The first-order valence-electron chi connectivity index (χ1n) is 7.36. The fraction of sp³-hybridized carbons (Fsp3) is 0.118. The van der Waals surface area contributed by atoms with Crippen LogP contribution in [0.3, 0.4) is 0 Å². The fourth-order valence-corrected chi connectivity index (χ4v) is 4.37. The number of nitrogens with zero attached hydrogens (tertiary/aromatic N) is 1. The number of aliphatic carboxylic acids is 1. The molecule has 0 amide bonds. The molecule has 0 aromatic heterocycles. The highest BCUT2D eigenvalue weighted by Gasteiger charge is 2.34. The Labute approximate surface area is 147 Å². The average Bonchev–Trinajstić information content (AvgIpc) is 2.56. The average molecular weight is 383 g/mol. The van der Waals surface area contributed by atoms with Crippen molar-refractivity contribution in [3.63, 3.8) is 0 Å². The van der Waals surface area contributed by atoms with Crippen LogP contribution in [0.5, 0.6) is 0 Å². The van der Waals surface area contributed by atoms with Gasteiger partial charge < -0.3 is 5.11 Å². The monoisotopic (exact) mass is 383 g/mol. The highest BCUT2D eigenvalue weighted by molar-refractivity contribution is 7.89. The number of benzene rings is 2. The van der Waals surface area contributed by atoms with Crippen molar-refractivity contribution >= 4 is 21.6 Å². The van der Waals surface area contributed by atoms with Gasteiger partial charge in [0.1, 0.15) is 5.82 Å². The largest absolute Gasteiger partial charge is 0.478 e. The van der Waals surface area contributed by atoms with Crippen LogP contribution in [0.2, 0.25) is 0 Å². The molecule has 9 heteroatoms. The maximum Gasteiger partial charge on any atom is 0.328 e. The number of rotatable bonds is 3. The zero-order valence-electron chi connectivity index (χ0n) is 13.1. The molecule has 0 saturated carbocycles. The van der Waals surface area contributed by atoms with Gasteiger partial charge in [-0.15, -0.1) is 0 Å². The van der Waals surface area contributed by atoms with E-state index in [4.69, 9.17) is 5.11 Å². The molecule has 1 heterocycles. The molecule has 2 aromatic carbocycles. The highest BCUT2D eigenvalue weighted by atomic mass is 32.2. The second-order valence-electron chi connectivity index (χ2n) is 5.63. The summed E-state index contributed by atoms with van der Waals surface area (Å²) in [6.45, 7) is -0.916. The number of carboxylic acids is 1. The van der Waals surface area contributed by atoms with E-state index in [-0.39, 0.29) is 28.1 Å². The summed E-state index contributed by atoms with van der Waals surface area (Å²) in [6.07, 6.45) is 0.863. The summed E-state index contributed by atoms with van der Waals surface area (Å²) in [7, 11) is -4.07. The molecule has 0 aliphatic carbocycles. The van der Waals surface area contributed by atoms with E-state index in [2.05, 4.69) is 0 Å². The first-order chi connectivity index (χ1) is 12.2. The normalized spacial score (nSPS) is 17.9. The zero-order valence-corrected chi connectivity index (χ0v) is 13.9. The number of carboxylic acid groups (broad SMARTS) is 1. The Morgan fingerprint density at radius 2 is 1.77 bits per heavy atom. The summed E-state index contributed by atoms with van der Waals surface area (Å²) in [5, 5.41) is 9.01. The first-order valence-corrected chi connectivity index (χ1v) is 8.80. The SMILES string of the molecule is O=C(O)/C=C1\CN(Cc2cc(F)c(F)cc2F)S(=O)(=O)c2ccccc21.